The molecule has 12 heavy (non-hydrogen) atoms. The predicted molar refractivity (Wildman–Crippen MR) is 54.3 cm³/mol. The van der Waals surface area contributed by atoms with Gasteiger partial charge in [0.15, 0.2) is 0 Å². The highest BCUT2D eigenvalue weighted by atomic mass is 15.1. The highest BCUT2D eigenvalue weighted by Crippen LogP contribution is 2.15. The van der Waals surface area contributed by atoms with Gasteiger partial charge in [0.25, 0.3) is 0 Å². The van der Waals surface area contributed by atoms with E-state index in [4.69, 9.17) is 0 Å². The van der Waals surface area contributed by atoms with Gasteiger partial charge in [0.05, 0.1) is 0 Å². The molecule has 1 rings (SSSR count). The molecular formula is C11H21N. The Balaban J connectivity index is 2.27. The number of allylic oxidation sites excluding steroid dienone is 1. The van der Waals surface area contributed by atoms with Crippen molar-refractivity contribution in [3.05, 3.63) is 11.6 Å². The van der Waals surface area contributed by atoms with Gasteiger partial charge in [-0.25, -0.2) is 0 Å². The van der Waals surface area contributed by atoms with E-state index >= 15 is 0 Å². The lowest BCUT2D eigenvalue weighted by molar-refractivity contribution is 0.201. The normalized spacial score (nSPS) is 25.4. The summed E-state index contributed by atoms with van der Waals surface area (Å²) in [7, 11) is 0. The topological polar surface area (TPSA) is 3.24 Å². The van der Waals surface area contributed by atoms with Crippen molar-refractivity contribution in [3.8, 4) is 0 Å². The lowest BCUT2D eigenvalue weighted by atomic mass is 10.0. The lowest BCUT2D eigenvalue weighted by Gasteiger charge is -2.29. The molecule has 0 aromatic heterocycles. The van der Waals surface area contributed by atoms with Crippen LogP contribution < -0.4 is 0 Å². The fourth-order valence-electron chi connectivity index (χ4n) is 1.76. The van der Waals surface area contributed by atoms with Crippen LogP contribution in [0.4, 0.5) is 0 Å². The van der Waals surface area contributed by atoms with E-state index in [9.17, 15) is 0 Å². The SMILES string of the molecule is CC(C)=CCN1CCC[C@H](C)C1. The fraction of sp³-hybridized carbons (Fsp3) is 0.818. The van der Waals surface area contributed by atoms with Crippen LogP contribution in [-0.2, 0) is 0 Å². The van der Waals surface area contributed by atoms with Crippen LogP contribution in [-0.4, -0.2) is 24.5 Å². The summed E-state index contributed by atoms with van der Waals surface area (Å²) in [5.41, 5.74) is 1.44. The summed E-state index contributed by atoms with van der Waals surface area (Å²) in [5, 5.41) is 0. The van der Waals surface area contributed by atoms with Crippen molar-refractivity contribution in [1.29, 1.82) is 0 Å². The summed E-state index contributed by atoms with van der Waals surface area (Å²) >= 11 is 0. The molecule has 1 aliphatic heterocycles. The van der Waals surface area contributed by atoms with Crippen molar-refractivity contribution < 1.29 is 0 Å². The smallest absolute Gasteiger partial charge is 0.0165 e. The van der Waals surface area contributed by atoms with Gasteiger partial charge in [-0.2, -0.15) is 0 Å². The van der Waals surface area contributed by atoms with E-state index < -0.39 is 0 Å². The highest BCUT2D eigenvalue weighted by molar-refractivity contribution is 4.95. The van der Waals surface area contributed by atoms with Gasteiger partial charge in [0.2, 0.25) is 0 Å². The maximum atomic E-state index is 2.56. The van der Waals surface area contributed by atoms with Gasteiger partial charge < -0.3 is 0 Å². The molecule has 70 valence electrons. The molecule has 0 unspecified atom stereocenters. The Hall–Kier alpha value is -0.300. The molecule has 0 radical (unpaired) electrons. The van der Waals surface area contributed by atoms with E-state index in [0.29, 0.717) is 0 Å². The number of likely N-dealkylation sites (tertiary alicyclic amines) is 1. The molecule has 0 aliphatic carbocycles. The first-order chi connectivity index (χ1) is 5.68. The van der Waals surface area contributed by atoms with Crippen LogP contribution in [0.25, 0.3) is 0 Å². The van der Waals surface area contributed by atoms with Gasteiger partial charge in [-0.15, -0.1) is 0 Å². The van der Waals surface area contributed by atoms with Crippen molar-refractivity contribution in [1.82, 2.24) is 4.90 Å². The number of hydrogen-bond acceptors (Lipinski definition) is 1. The second kappa shape index (κ2) is 4.66. The Labute approximate surface area is 76.5 Å². The van der Waals surface area contributed by atoms with Crippen molar-refractivity contribution in [2.75, 3.05) is 19.6 Å². The summed E-state index contributed by atoms with van der Waals surface area (Å²) < 4.78 is 0. The summed E-state index contributed by atoms with van der Waals surface area (Å²) in [4.78, 5) is 2.56. The minimum absolute atomic E-state index is 0.907. The first-order valence-corrected chi connectivity index (χ1v) is 5.04. The molecule has 0 aromatic rings. The third-order valence-electron chi connectivity index (χ3n) is 2.50. The van der Waals surface area contributed by atoms with Gasteiger partial charge in [0, 0.05) is 13.1 Å². The zero-order chi connectivity index (χ0) is 8.97. The molecule has 1 heterocycles. The number of hydrogen-bond donors (Lipinski definition) is 0. The summed E-state index contributed by atoms with van der Waals surface area (Å²) in [6, 6.07) is 0. The fourth-order valence-corrected chi connectivity index (χ4v) is 1.76. The van der Waals surface area contributed by atoms with Crippen molar-refractivity contribution in [2.45, 2.75) is 33.6 Å². The van der Waals surface area contributed by atoms with Crippen LogP contribution in [0.3, 0.4) is 0 Å². The Morgan fingerprint density at radius 3 is 2.83 bits per heavy atom. The third-order valence-corrected chi connectivity index (χ3v) is 2.50. The Morgan fingerprint density at radius 1 is 1.50 bits per heavy atom. The van der Waals surface area contributed by atoms with Gasteiger partial charge in [-0.05, 0) is 39.2 Å². The lowest BCUT2D eigenvalue weighted by Crippen LogP contribution is -2.34. The van der Waals surface area contributed by atoms with Crippen LogP contribution in [0.2, 0.25) is 0 Å². The average molecular weight is 167 g/mol. The van der Waals surface area contributed by atoms with Gasteiger partial charge in [-0.3, -0.25) is 4.90 Å². The van der Waals surface area contributed by atoms with Crippen LogP contribution in [0.5, 0.6) is 0 Å². The molecular weight excluding hydrogens is 146 g/mol. The van der Waals surface area contributed by atoms with E-state index in [1.807, 2.05) is 0 Å². The largest absolute Gasteiger partial charge is 0.299 e. The number of rotatable bonds is 2. The van der Waals surface area contributed by atoms with Gasteiger partial charge in [-0.1, -0.05) is 18.6 Å². The van der Waals surface area contributed by atoms with Crippen LogP contribution >= 0.6 is 0 Å². The molecule has 0 bridgehead atoms. The molecule has 0 saturated carbocycles. The standard InChI is InChI=1S/C11H21N/c1-10(2)6-8-12-7-4-5-11(3)9-12/h6,11H,4-5,7-9H2,1-3H3/t11-/m0/s1. The Bertz CT molecular complexity index is 156. The molecule has 1 heteroatoms. The van der Waals surface area contributed by atoms with E-state index in [1.54, 1.807) is 0 Å². The third kappa shape index (κ3) is 3.40. The average Bonchev–Trinajstić information content (AvgIpc) is 2.01. The molecule has 0 aromatic carbocycles. The first-order valence-electron chi connectivity index (χ1n) is 5.04. The Kier molecular flexibility index (Phi) is 3.80. The maximum Gasteiger partial charge on any atom is 0.0165 e. The molecule has 1 atom stereocenters. The molecule has 1 aliphatic rings. The van der Waals surface area contributed by atoms with Gasteiger partial charge >= 0.3 is 0 Å². The first kappa shape index (κ1) is 9.79. The van der Waals surface area contributed by atoms with Crippen molar-refractivity contribution >= 4 is 0 Å². The molecule has 0 spiro atoms. The summed E-state index contributed by atoms with van der Waals surface area (Å²) in [6.07, 6.45) is 5.14. The summed E-state index contributed by atoms with van der Waals surface area (Å²) in [6.45, 7) is 10.5. The maximum absolute atomic E-state index is 2.56. The van der Waals surface area contributed by atoms with Crippen molar-refractivity contribution in [3.63, 3.8) is 0 Å². The molecule has 1 saturated heterocycles. The minimum atomic E-state index is 0.907. The second-order valence-corrected chi connectivity index (χ2v) is 4.29. The van der Waals surface area contributed by atoms with Crippen LogP contribution in [0.15, 0.2) is 11.6 Å². The molecule has 0 amide bonds. The van der Waals surface area contributed by atoms with E-state index in [-0.39, 0.29) is 0 Å². The predicted octanol–water partition coefficient (Wildman–Crippen LogP) is 2.68. The van der Waals surface area contributed by atoms with Crippen LogP contribution in [0, 0.1) is 5.92 Å². The molecule has 1 nitrogen and oxygen atoms in total. The monoisotopic (exact) mass is 167 g/mol. The van der Waals surface area contributed by atoms with Crippen LogP contribution in [0.1, 0.15) is 33.6 Å². The summed E-state index contributed by atoms with van der Waals surface area (Å²) in [5.74, 6) is 0.907. The zero-order valence-corrected chi connectivity index (χ0v) is 8.64. The van der Waals surface area contributed by atoms with E-state index in [0.717, 1.165) is 12.5 Å². The van der Waals surface area contributed by atoms with E-state index in [1.165, 1.54) is 31.5 Å². The zero-order valence-electron chi connectivity index (χ0n) is 8.64. The van der Waals surface area contributed by atoms with E-state index in [2.05, 4.69) is 31.7 Å². The Morgan fingerprint density at radius 2 is 2.25 bits per heavy atom. The molecule has 0 N–H and O–H groups in total. The minimum Gasteiger partial charge on any atom is -0.299 e. The number of nitrogens with zero attached hydrogens (tertiary/aromatic N) is 1. The van der Waals surface area contributed by atoms with Gasteiger partial charge in [0.1, 0.15) is 0 Å². The highest BCUT2D eigenvalue weighted by Gasteiger charge is 2.14. The van der Waals surface area contributed by atoms with Crippen molar-refractivity contribution in [2.24, 2.45) is 5.92 Å². The number of piperidine rings is 1. The molecule has 1 fully saturated rings. The second-order valence-electron chi connectivity index (χ2n) is 4.29. The quantitative estimate of drug-likeness (QED) is 0.572.